The summed E-state index contributed by atoms with van der Waals surface area (Å²) in [5.74, 6) is 1.18. The second kappa shape index (κ2) is 10.3. The average molecular weight is 524 g/mol. The molecule has 3 aromatic carbocycles. The van der Waals surface area contributed by atoms with Gasteiger partial charge in [-0.05, 0) is 74.4 Å². The first kappa shape index (κ1) is 25.5. The molecular formula is C30H29N5O2S. The number of nitrogens with zero attached hydrogens (tertiary/aromatic N) is 3. The average Bonchev–Trinajstić information content (AvgIpc) is 2.91. The Kier molecular flexibility index (Phi) is 6.93. The Hall–Kier alpha value is -4.14. The zero-order valence-electron chi connectivity index (χ0n) is 21.5. The number of hydrogen-bond donors (Lipinski definition) is 2. The number of anilines is 1. The van der Waals surface area contributed by atoms with Crippen LogP contribution in [-0.4, -0.2) is 28.9 Å². The molecule has 0 saturated heterocycles. The van der Waals surface area contributed by atoms with Crippen molar-refractivity contribution in [3.8, 4) is 22.5 Å². The van der Waals surface area contributed by atoms with Gasteiger partial charge in [0, 0.05) is 17.3 Å². The molecule has 0 spiro atoms. The van der Waals surface area contributed by atoms with Gasteiger partial charge in [0.1, 0.15) is 5.82 Å². The fourth-order valence-corrected chi connectivity index (χ4v) is 5.64. The van der Waals surface area contributed by atoms with Crippen molar-refractivity contribution in [1.29, 1.82) is 0 Å². The van der Waals surface area contributed by atoms with Crippen molar-refractivity contribution < 1.29 is 8.42 Å². The van der Waals surface area contributed by atoms with Crippen molar-refractivity contribution in [3.05, 3.63) is 103 Å². The normalized spacial score (nSPS) is 12.0. The second-order valence-corrected chi connectivity index (χ2v) is 11.7. The minimum absolute atomic E-state index is 0.192. The van der Waals surface area contributed by atoms with Gasteiger partial charge in [0.15, 0.2) is 5.82 Å². The van der Waals surface area contributed by atoms with Crippen molar-refractivity contribution >= 4 is 26.7 Å². The molecule has 5 rings (SSSR count). The second-order valence-electron chi connectivity index (χ2n) is 10.0. The van der Waals surface area contributed by atoms with E-state index in [0.29, 0.717) is 23.8 Å². The maximum atomic E-state index is 12.8. The van der Waals surface area contributed by atoms with Gasteiger partial charge in [-0.2, -0.15) is 0 Å². The van der Waals surface area contributed by atoms with Crippen LogP contribution in [0.2, 0.25) is 0 Å². The summed E-state index contributed by atoms with van der Waals surface area (Å²) in [4.78, 5) is 14.4. The Morgan fingerprint density at radius 2 is 1.50 bits per heavy atom. The molecule has 0 fully saturated rings. The predicted octanol–water partition coefficient (Wildman–Crippen LogP) is 6.05. The summed E-state index contributed by atoms with van der Waals surface area (Å²) in [7, 11) is -3.65. The largest absolute Gasteiger partial charge is 0.364 e. The van der Waals surface area contributed by atoms with Crippen LogP contribution in [0.3, 0.4) is 0 Å². The van der Waals surface area contributed by atoms with Crippen molar-refractivity contribution in [1.82, 2.24) is 19.7 Å². The van der Waals surface area contributed by atoms with Crippen LogP contribution < -0.4 is 10.0 Å². The van der Waals surface area contributed by atoms with E-state index in [4.69, 9.17) is 9.97 Å². The summed E-state index contributed by atoms with van der Waals surface area (Å²) in [5.41, 5.74) is 3.89. The van der Waals surface area contributed by atoms with Gasteiger partial charge in [-0.3, -0.25) is 4.98 Å². The lowest BCUT2D eigenvalue weighted by Gasteiger charge is -2.20. The summed E-state index contributed by atoms with van der Waals surface area (Å²) in [5, 5.41) is 4.38. The maximum Gasteiger partial charge on any atom is 0.241 e. The molecule has 38 heavy (non-hydrogen) atoms. The van der Waals surface area contributed by atoms with Gasteiger partial charge in [0.25, 0.3) is 0 Å². The Balaban J connectivity index is 1.59. The first-order chi connectivity index (χ1) is 18.2. The molecule has 8 heteroatoms. The highest BCUT2D eigenvalue weighted by molar-refractivity contribution is 7.89. The van der Waals surface area contributed by atoms with Crippen LogP contribution in [0, 0.1) is 0 Å². The highest BCUT2D eigenvalue weighted by Gasteiger charge is 2.22. The number of sulfonamides is 1. The van der Waals surface area contributed by atoms with Gasteiger partial charge < -0.3 is 5.32 Å². The van der Waals surface area contributed by atoms with Crippen LogP contribution in [0.5, 0.6) is 0 Å². The topological polar surface area (TPSA) is 96.9 Å². The summed E-state index contributed by atoms with van der Waals surface area (Å²) in [6, 6.07) is 28.6. The van der Waals surface area contributed by atoms with Crippen LogP contribution in [0.15, 0.2) is 102 Å². The molecule has 5 aromatic rings. The van der Waals surface area contributed by atoms with Crippen LogP contribution in [0.4, 0.5) is 5.82 Å². The number of nitrogens with one attached hydrogen (secondary N) is 2. The van der Waals surface area contributed by atoms with Crippen LogP contribution in [-0.2, 0) is 16.6 Å². The minimum atomic E-state index is -3.65. The summed E-state index contributed by atoms with van der Waals surface area (Å²) in [6.45, 7) is 5.92. The van der Waals surface area contributed by atoms with Gasteiger partial charge in [-0.1, -0.05) is 48.5 Å². The van der Waals surface area contributed by atoms with Crippen LogP contribution >= 0.6 is 0 Å². The molecule has 192 valence electrons. The molecule has 0 bridgehead atoms. The van der Waals surface area contributed by atoms with Gasteiger partial charge in [-0.25, -0.2) is 23.1 Å². The number of hydrogen-bond acceptors (Lipinski definition) is 6. The van der Waals surface area contributed by atoms with E-state index < -0.39 is 15.6 Å². The number of aromatic nitrogens is 3. The third-order valence-corrected chi connectivity index (χ3v) is 7.61. The number of benzene rings is 3. The fourth-order valence-electron chi connectivity index (χ4n) is 4.22. The van der Waals surface area contributed by atoms with Gasteiger partial charge >= 0.3 is 0 Å². The standard InChI is InChI=1S/C30H29N5O2S/c1-30(2,3)35-38(36,37)24-17-15-22(16-18-24)28-33-26-14-9-13-25(21-10-5-4-6-11-21)27(26)29(34-28)32-20-23-12-7-8-19-31-23/h4-19,35H,20H2,1-3H3,(H,32,33,34). The molecule has 2 N–H and O–H groups in total. The van der Waals surface area contributed by atoms with Crippen molar-refractivity contribution in [3.63, 3.8) is 0 Å². The molecule has 0 aliphatic carbocycles. The Morgan fingerprint density at radius 3 is 2.18 bits per heavy atom. The highest BCUT2D eigenvalue weighted by atomic mass is 32.2. The zero-order chi connectivity index (χ0) is 26.8. The molecule has 2 heterocycles. The maximum absolute atomic E-state index is 12.8. The highest BCUT2D eigenvalue weighted by Crippen LogP contribution is 2.34. The lowest BCUT2D eigenvalue weighted by molar-refractivity contribution is 0.491. The van der Waals surface area contributed by atoms with Crippen molar-refractivity contribution in [2.24, 2.45) is 0 Å². The SMILES string of the molecule is CC(C)(C)NS(=O)(=O)c1ccc(-c2nc(NCc3ccccn3)c3c(-c4ccccc4)cccc3n2)cc1. The summed E-state index contributed by atoms with van der Waals surface area (Å²) >= 11 is 0. The molecule has 0 aliphatic rings. The lowest BCUT2D eigenvalue weighted by atomic mass is 10.0. The lowest BCUT2D eigenvalue weighted by Crippen LogP contribution is -2.40. The smallest absolute Gasteiger partial charge is 0.241 e. The molecule has 0 aliphatic heterocycles. The Bertz CT molecular complexity index is 1670. The summed E-state index contributed by atoms with van der Waals surface area (Å²) in [6.07, 6.45) is 1.76. The van der Waals surface area contributed by atoms with E-state index in [1.165, 1.54) is 0 Å². The fraction of sp³-hybridized carbons (Fsp3) is 0.167. The third kappa shape index (κ3) is 5.72. The first-order valence-electron chi connectivity index (χ1n) is 12.3. The molecule has 7 nitrogen and oxygen atoms in total. The molecule has 0 amide bonds. The molecular weight excluding hydrogens is 494 g/mol. The Labute approximate surface area is 223 Å². The summed E-state index contributed by atoms with van der Waals surface area (Å²) < 4.78 is 28.2. The molecule has 0 radical (unpaired) electrons. The quantitative estimate of drug-likeness (QED) is 0.270. The molecule has 2 aromatic heterocycles. The van der Waals surface area contributed by atoms with E-state index in [9.17, 15) is 8.42 Å². The van der Waals surface area contributed by atoms with Gasteiger partial charge in [0.05, 0.1) is 28.0 Å². The zero-order valence-corrected chi connectivity index (χ0v) is 22.3. The number of rotatable bonds is 7. The van der Waals surface area contributed by atoms with Crippen molar-refractivity contribution in [2.75, 3.05) is 5.32 Å². The van der Waals surface area contributed by atoms with E-state index in [2.05, 4.69) is 33.2 Å². The number of fused-ring (bicyclic) bond motifs is 1. The number of pyridine rings is 1. The van der Waals surface area contributed by atoms with Crippen LogP contribution in [0.1, 0.15) is 26.5 Å². The monoisotopic (exact) mass is 523 g/mol. The predicted molar refractivity (Wildman–Crippen MR) is 152 cm³/mol. The van der Waals surface area contributed by atoms with E-state index >= 15 is 0 Å². The van der Waals surface area contributed by atoms with Crippen LogP contribution in [0.25, 0.3) is 33.4 Å². The van der Waals surface area contributed by atoms with Gasteiger partial charge in [-0.15, -0.1) is 0 Å². The van der Waals surface area contributed by atoms with E-state index in [0.717, 1.165) is 27.7 Å². The first-order valence-corrected chi connectivity index (χ1v) is 13.8. The third-order valence-electron chi connectivity index (χ3n) is 5.83. The van der Waals surface area contributed by atoms with E-state index in [1.54, 1.807) is 30.5 Å². The van der Waals surface area contributed by atoms with E-state index in [1.807, 2.05) is 69.3 Å². The van der Waals surface area contributed by atoms with Gasteiger partial charge in [0.2, 0.25) is 10.0 Å². The Morgan fingerprint density at radius 1 is 0.763 bits per heavy atom. The minimum Gasteiger partial charge on any atom is -0.364 e. The molecule has 0 atom stereocenters. The van der Waals surface area contributed by atoms with E-state index in [-0.39, 0.29) is 4.90 Å². The molecule has 0 unspecified atom stereocenters. The van der Waals surface area contributed by atoms with Crippen molar-refractivity contribution in [2.45, 2.75) is 37.8 Å². The molecule has 0 saturated carbocycles.